The Hall–Kier alpha value is -2.90. The van der Waals surface area contributed by atoms with Crippen LogP contribution in [0.1, 0.15) is 69.3 Å². The molecule has 0 spiro atoms. The number of aryl methyl sites for hydroxylation is 1. The van der Waals surface area contributed by atoms with Crippen LogP contribution in [0, 0.1) is 6.92 Å². The monoisotopic (exact) mass is 445 g/mol. The highest BCUT2D eigenvalue weighted by Gasteiger charge is 2.32. The maximum Gasteiger partial charge on any atom is 0.416 e. The van der Waals surface area contributed by atoms with Crippen molar-refractivity contribution in [2.75, 3.05) is 26.2 Å². The molecule has 0 radical (unpaired) electrons. The van der Waals surface area contributed by atoms with Gasteiger partial charge in [0.1, 0.15) is 0 Å². The van der Waals surface area contributed by atoms with Crippen molar-refractivity contribution >= 4 is 11.8 Å². The SMILES string of the molecule is Cc1ccc(C(=O)N2CCCC2)c(C2CCN(C(=O)c3ccc(C(F)(F)F)cc3)CC2)n1. The highest BCUT2D eigenvalue weighted by atomic mass is 19.4. The lowest BCUT2D eigenvalue weighted by Crippen LogP contribution is -2.38. The van der Waals surface area contributed by atoms with Crippen LogP contribution in [0.15, 0.2) is 36.4 Å². The van der Waals surface area contributed by atoms with E-state index in [0.717, 1.165) is 49.5 Å². The highest BCUT2D eigenvalue weighted by molar-refractivity contribution is 5.96. The Bertz CT molecular complexity index is 991. The first-order valence-electron chi connectivity index (χ1n) is 11.0. The molecule has 2 aliphatic rings. The fourth-order valence-corrected chi connectivity index (χ4v) is 4.50. The van der Waals surface area contributed by atoms with Crippen molar-refractivity contribution < 1.29 is 22.8 Å². The van der Waals surface area contributed by atoms with Gasteiger partial charge in [0.2, 0.25) is 0 Å². The molecule has 170 valence electrons. The third kappa shape index (κ3) is 4.64. The minimum atomic E-state index is -4.43. The Balaban J connectivity index is 1.45. The summed E-state index contributed by atoms with van der Waals surface area (Å²) in [6.45, 7) is 4.38. The van der Waals surface area contributed by atoms with E-state index in [2.05, 4.69) is 0 Å². The quantitative estimate of drug-likeness (QED) is 0.690. The molecule has 2 aromatic rings. The Morgan fingerprint density at radius 2 is 1.47 bits per heavy atom. The van der Waals surface area contributed by atoms with Crippen LogP contribution in [0.2, 0.25) is 0 Å². The number of pyridine rings is 1. The average molecular weight is 445 g/mol. The zero-order valence-corrected chi connectivity index (χ0v) is 18.0. The molecule has 4 rings (SSSR count). The van der Waals surface area contributed by atoms with Crippen LogP contribution in [0.3, 0.4) is 0 Å². The van der Waals surface area contributed by atoms with E-state index in [0.29, 0.717) is 31.5 Å². The predicted molar refractivity (Wildman–Crippen MR) is 113 cm³/mol. The maximum atomic E-state index is 13.0. The molecule has 8 heteroatoms. The largest absolute Gasteiger partial charge is 0.416 e. The molecular formula is C24H26F3N3O2. The first kappa shape index (κ1) is 22.3. The van der Waals surface area contributed by atoms with Crippen molar-refractivity contribution in [3.63, 3.8) is 0 Å². The van der Waals surface area contributed by atoms with Gasteiger partial charge in [-0.2, -0.15) is 13.2 Å². The average Bonchev–Trinajstić information content (AvgIpc) is 3.33. The number of nitrogens with zero attached hydrogens (tertiary/aromatic N) is 3. The van der Waals surface area contributed by atoms with Gasteiger partial charge in [0.05, 0.1) is 16.8 Å². The molecule has 1 aromatic carbocycles. The van der Waals surface area contributed by atoms with Crippen LogP contribution in [-0.4, -0.2) is 52.8 Å². The lowest BCUT2D eigenvalue weighted by molar-refractivity contribution is -0.137. The summed E-state index contributed by atoms with van der Waals surface area (Å²) in [6.07, 6.45) is -1.08. The topological polar surface area (TPSA) is 53.5 Å². The Morgan fingerprint density at radius 3 is 2.06 bits per heavy atom. The maximum absolute atomic E-state index is 13.0. The molecular weight excluding hydrogens is 419 g/mol. The number of benzene rings is 1. The minimum absolute atomic E-state index is 0.0215. The van der Waals surface area contributed by atoms with Crippen molar-refractivity contribution in [2.24, 2.45) is 0 Å². The number of alkyl halides is 3. The van der Waals surface area contributed by atoms with Gasteiger partial charge in [-0.1, -0.05) is 0 Å². The molecule has 2 saturated heterocycles. The van der Waals surface area contributed by atoms with E-state index in [9.17, 15) is 22.8 Å². The second-order valence-electron chi connectivity index (χ2n) is 8.53. The van der Waals surface area contributed by atoms with E-state index in [1.807, 2.05) is 24.0 Å². The number of likely N-dealkylation sites (tertiary alicyclic amines) is 2. The number of hydrogen-bond acceptors (Lipinski definition) is 3. The molecule has 32 heavy (non-hydrogen) atoms. The van der Waals surface area contributed by atoms with E-state index in [1.54, 1.807) is 4.90 Å². The number of piperidine rings is 1. The van der Waals surface area contributed by atoms with E-state index in [1.165, 1.54) is 12.1 Å². The first-order valence-corrected chi connectivity index (χ1v) is 11.0. The zero-order valence-electron chi connectivity index (χ0n) is 18.0. The number of carbonyl (C=O) groups is 2. The predicted octanol–water partition coefficient (Wildman–Crippen LogP) is 4.66. The van der Waals surface area contributed by atoms with Crippen LogP contribution >= 0.6 is 0 Å². The van der Waals surface area contributed by atoms with Crippen LogP contribution in [0.4, 0.5) is 13.2 Å². The van der Waals surface area contributed by atoms with Gasteiger partial charge in [-0.25, -0.2) is 0 Å². The molecule has 0 saturated carbocycles. The summed E-state index contributed by atoms with van der Waals surface area (Å²) < 4.78 is 38.3. The lowest BCUT2D eigenvalue weighted by atomic mass is 9.89. The summed E-state index contributed by atoms with van der Waals surface area (Å²) >= 11 is 0. The molecule has 2 aliphatic heterocycles. The van der Waals surface area contributed by atoms with Crippen LogP contribution in [0.5, 0.6) is 0 Å². The summed E-state index contributed by atoms with van der Waals surface area (Å²) in [4.78, 5) is 34.0. The molecule has 3 heterocycles. The zero-order chi connectivity index (χ0) is 22.9. The Labute approximate surface area is 185 Å². The van der Waals surface area contributed by atoms with E-state index in [4.69, 9.17) is 4.98 Å². The molecule has 0 unspecified atom stereocenters. The summed E-state index contributed by atoms with van der Waals surface area (Å²) in [6, 6.07) is 8.05. The van der Waals surface area contributed by atoms with Crippen LogP contribution < -0.4 is 0 Å². The first-order chi connectivity index (χ1) is 15.2. The Kier molecular flexibility index (Phi) is 6.22. The van der Waals surface area contributed by atoms with Gasteiger partial charge in [0, 0.05) is 43.4 Å². The van der Waals surface area contributed by atoms with Crippen molar-refractivity contribution in [1.82, 2.24) is 14.8 Å². The highest BCUT2D eigenvalue weighted by Crippen LogP contribution is 2.32. The third-order valence-corrected chi connectivity index (χ3v) is 6.32. The molecule has 2 amide bonds. The third-order valence-electron chi connectivity index (χ3n) is 6.32. The molecule has 2 fully saturated rings. The van der Waals surface area contributed by atoms with Crippen LogP contribution in [0.25, 0.3) is 0 Å². The second-order valence-corrected chi connectivity index (χ2v) is 8.53. The van der Waals surface area contributed by atoms with Gasteiger partial charge >= 0.3 is 6.18 Å². The van der Waals surface area contributed by atoms with Gasteiger partial charge in [-0.05, 0) is 69.0 Å². The van der Waals surface area contributed by atoms with Gasteiger partial charge < -0.3 is 9.80 Å². The number of amides is 2. The van der Waals surface area contributed by atoms with Crippen molar-refractivity contribution in [3.8, 4) is 0 Å². The summed E-state index contributed by atoms with van der Waals surface area (Å²) in [5.41, 5.74) is 1.76. The van der Waals surface area contributed by atoms with Crippen LogP contribution in [-0.2, 0) is 6.18 Å². The Morgan fingerprint density at radius 1 is 0.875 bits per heavy atom. The molecule has 0 N–H and O–H groups in total. The number of hydrogen-bond donors (Lipinski definition) is 0. The molecule has 0 atom stereocenters. The minimum Gasteiger partial charge on any atom is -0.339 e. The van der Waals surface area contributed by atoms with E-state index in [-0.39, 0.29) is 23.3 Å². The number of rotatable bonds is 3. The van der Waals surface area contributed by atoms with E-state index >= 15 is 0 Å². The standard InChI is InChI=1S/C24H26F3N3O2/c1-16-4-9-20(23(32)29-12-2-3-13-29)21(28-16)17-10-14-30(15-11-17)22(31)18-5-7-19(8-6-18)24(25,26)27/h4-9,17H,2-3,10-15H2,1H3. The molecule has 0 bridgehead atoms. The van der Waals surface area contributed by atoms with Gasteiger partial charge in [-0.3, -0.25) is 14.6 Å². The van der Waals surface area contributed by atoms with Crippen molar-refractivity contribution in [1.29, 1.82) is 0 Å². The molecule has 1 aromatic heterocycles. The fourth-order valence-electron chi connectivity index (χ4n) is 4.50. The van der Waals surface area contributed by atoms with Gasteiger partial charge in [-0.15, -0.1) is 0 Å². The number of carbonyl (C=O) groups excluding carboxylic acids is 2. The second kappa shape index (κ2) is 8.92. The normalized spacial score (nSPS) is 17.6. The van der Waals surface area contributed by atoms with Gasteiger partial charge in [0.15, 0.2) is 0 Å². The van der Waals surface area contributed by atoms with Gasteiger partial charge in [0.25, 0.3) is 11.8 Å². The van der Waals surface area contributed by atoms with Crippen molar-refractivity contribution in [3.05, 3.63) is 64.5 Å². The lowest BCUT2D eigenvalue weighted by Gasteiger charge is -2.33. The van der Waals surface area contributed by atoms with Crippen molar-refractivity contribution in [2.45, 2.75) is 44.7 Å². The molecule has 0 aliphatic carbocycles. The summed E-state index contributed by atoms with van der Waals surface area (Å²) in [5, 5.41) is 0. The number of halogens is 3. The fraction of sp³-hybridized carbons (Fsp3) is 0.458. The number of aromatic nitrogens is 1. The summed E-state index contributed by atoms with van der Waals surface area (Å²) in [7, 11) is 0. The van der Waals surface area contributed by atoms with E-state index < -0.39 is 11.7 Å². The summed E-state index contributed by atoms with van der Waals surface area (Å²) in [5.74, 6) is -0.191. The smallest absolute Gasteiger partial charge is 0.339 e. The molecule has 5 nitrogen and oxygen atoms in total.